The molecule has 2 aliphatic rings. The molecule has 0 aromatic carbocycles. The summed E-state index contributed by atoms with van der Waals surface area (Å²) in [5.41, 5.74) is 3.95. The molecule has 0 radical (unpaired) electrons. The van der Waals surface area contributed by atoms with Crippen molar-refractivity contribution in [3.63, 3.8) is 0 Å². The van der Waals surface area contributed by atoms with Gasteiger partial charge in [-0.3, -0.25) is 5.10 Å². The van der Waals surface area contributed by atoms with Gasteiger partial charge in [-0.1, -0.05) is 12.8 Å². The highest BCUT2D eigenvalue weighted by molar-refractivity contribution is 6.17. The summed E-state index contributed by atoms with van der Waals surface area (Å²) in [6.07, 6.45) is 7.96. The number of halogens is 1. The molecule has 3 rings (SSSR count). The minimum atomic E-state index is 0.633. The van der Waals surface area contributed by atoms with Gasteiger partial charge in [-0.05, 0) is 25.7 Å². The molecule has 0 aliphatic heterocycles. The molecular weight excluding hydrogens is 208 g/mol. The fraction of sp³-hybridized carbons (Fsp3) is 0.750. The van der Waals surface area contributed by atoms with Crippen molar-refractivity contribution in [2.45, 2.75) is 56.2 Å². The largest absolute Gasteiger partial charge is 0.282 e. The number of H-pyrrole nitrogens is 1. The lowest BCUT2D eigenvalue weighted by molar-refractivity contribution is 0.688. The molecule has 1 N–H and O–H groups in total. The molecule has 0 unspecified atom stereocenters. The highest BCUT2D eigenvalue weighted by Gasteiger charge is 2.31. The molecule has 0 atom stereocenters. The zero-order valence-electron chi connectivity index (χ0n) is 8.93. The fourth-order valence-corrected chi connectivity index (χ4v) is 3.06. The molecule has 1 aromatic heterocycles. The van der Waals surface area contributed by atoms with Gasteiger partial charge in [0.05, 0.1) is 11.6 Å². The summed E-state index contributed by atoms with van der Waals surface area (Å²) in [6, 6.07) is 0. The minimum absolute atomic E-state index is 0.633. The van der Waals surface area contributed by atoms with E-state index >= 15 is 0 Å². The lowest BCUT2D eigenvalue weighted by Crippen LogP contribution is -1.97. The lowest BCUT2D eigenvalue weighted by atomic mass is 9.99. The van der Waals surface area contributed by atoms with Gasteiger partial charge in [-0.25, -0.2) is 0 Å². The van der Waals surface area contributed by atoms with Crippen LogP contribution in [0.25, 0.3) is 0 Å². The first kappa shape index (κ1) is 9.71. The van der Waals surface area contributed by atoms with Crippen molar-refractivity contribution < 1.29 is 0 Å². The quantitative estimate of drug-likeness (QED) is 0.780. The SMILES string of the molecule is ClCc1c(C2CCCC2)n[nH]c1C1CC1. The van der Waals surface area contributed by atoms with Crippen LogP contribution in [-0.4, -0.2) is 10.2 Å². The summed E-state index contributed by atoms with van der Waals surface area (Å²) >= 11 is 6.07. The average Bonchev–Trinajstić information content (AvgIpc) is 2.83. The van der Waals surface area contributed by atoms with Crippen molar-refractivity contribution in [3.8, 4) is 0 Å². The molecule has 2 fully saturated rings. The second-order valence-corrected chi connectivity index (χ2v) is 5.16. The Hall–Kier alpha value is -0.500. The first-order chi connectivity index (χ1) is 7.40. The zero-order chi connectivity index (χ0) is 10.3. The highest BCUT2D eigenvalue weighted by atomic mass is 35.5. The predicted molar refractivity (Wildman–Crippen MR) is 61.3 cm³/mol. The molecule has 2 aliphatic carbocycles. The smallest absolute Gasteiger partial charge is 0.0700 e. The van der Waals surface area contributed by atoms with Gasteiger partial charge >= 0.3 is 0 Å². The van der Waals surface area contributed by atoms with E-state index < -0.39 is 0 Å². The van der Waals surface area contributed by atoms with Gasteiger partial charge in [0.25, 0.3) is 0 Å². The topological polar surface area (TPSA) is 28.7 Å². The first-order valence-corrected chi connectivity index (χ1v) is 6.56. The van der Waals surface area contributed by atoms with E-state index in [1.165, 1.54) is 55.5 Å². The maximum Gasteiger partial charge on any atom is 0.0700 e. The van der Waals surface area contributed by atoms with Gasteiger partial charge in [-0.15, -0.1) is 11.6 Å². The van der Waals surface area contributed by atoms with Crippen molar-refractivity contribution in [2.75, 3.05) is 0 Å². The lowest BCUT2D eigenvalue weighted by Gasteiger charge is -2.07. The molecule has 1 heterocycles. The molecule has 2 saturated carbocycles. The summed E-state index contributed by atoms with van der Waals surface area (Å²) in [4.78, 5) is 0. The van der Waals surface area contributed by atoms with Crippen LogP contribution in [-0.2, 0) is 5.88 Å². The Kier molecular flexibility index (Phi) is 2.47. The van der Waals surface area contributed by atoms with Gasteiger partial charge in [0.1, 0.15) is 0 Å². The summed E-state index contributed by atoms with van der Waals surface area (Å²) in [6.45, 7) is 0. The van der Waals surface area contributed by atoms with E-state index in [9.17, 15) is 0 Å². The van der Waals surface area contributed by atoms with Gasteiger partial charge in [-0.2, -0.15) is 5.10 Å². The molecule has 0 bridgehead atoms. The number of hydrogen-bond acceptors (Lipinski definition) is 1. The second-order valence-electron chi connectivity index (χ2n) is 4.89. The molecule has 2 nitrogen and oxygen atoms in total. The van der Waals surface area contributed by atoms with E-state index in [2.05, 4.69) is 10.2 Å². The van der Waals surface area contributed by atoms with Gasteiger partial charge in [0.2, 0.25) is 0 Å². The Bertz CT molecular complexity index is 349. The van der Waals surface area contributed by atoms with Crippen LogP contribution in [0.1, 0.15) is 67.3 Å². The van der Waals surface area contributed by atoms with Crippen molar-refractivity contribution in [2.24, 2.45) is 0 Å². The summed E-state index contributed by atoms with van der Waals surface area (Å²) < 4.78 is 0. The van der Waals surface area contributed by atoms with Crippen LogP contribution in [0.15, 0.2) is 0 Å². The third-order valence-electron chi connectivity index (χ3n) is 3.79. The van der Waals surface area contributed by atoms with E-state index in [1.807, 2.05) is 0 Å². The van der Waals surface area contributed by atoms with E-state index in [4.69, 9.17) is 11.6 Å². The van der Waals surface area contributed by atoms with Crippen LogP contribution in [0.2, 0.25) is 0 Å². The molecule has 0 saturated heterocycles. The molecule has 3 heteroatoms. The van der Waals surface area contributed by atoms with E-state index in [0.29, 0.717) is 11.8 Å². The van der Waals surface area contributed by atoms with Crippen LogP contribution in [0.3, 0.4) is 0 Å². The number of hydrogen-bond donors (Lipinski definition) is 1. The Morgan fingerprint density at radius 3 is 2.47 bits per heavy atom. The second kappa shape index (κ2) is 3.82. The number of aromatic amines is 1. The van der Waals surface area contributed by atoms with E-state index in [-0.39, 0.29) is 0 Å². The normalized spacial score (nSPS) is 22.5. The first-order valence-electron chi connectivity index (χ1n) is 6.03. The van der Waals surface area contributed by atoms with Gasteiger partial charge in [0.15, 0.2) is 0 Å². The van der Waals surface area contributed by atoms with Crippen molar-refractivity contribution >= 4 is 11.6 Å². The van der Waals surface area contributed by atoms with Crippen molar-refractivity contribution in [1.82, 2.24) is 10.2 Å². The summed E-state index contributed by atoms with van der Waals surface area (Å²) in [5.74, 6) is 2.05. The van der Waals surface area contributed by atoms with Crippen LogP contribution >= 0.6 is 11.6 Å². The van der Waals surface area contributed by atoms with Gasteiger partial charge < -0.3 is 0 Å². The number of rotatable bonds is 3. The van der Waals surface area contributed by atoms with E-state index in [1.54, 1.807) is 0 Å². The maximum absolute atomic E-state index is 6.07. The summed E-state index contributed by atoms with van der Waals surface area (Å²) in [7, 11) is 0. The van der Waals surface area contributed by atoms with E-state index in [0.717, 1.165) is 5.92 Å². The molecule has 0 spiro atoms. The van der Waals surface area contributed by atoms with Gasteiger partial charge in [0, 0.05) is 23.1 Å². The third kappa shape index (κ3) is 1.69. The Balaban J connectivity index is 1.92. The summed E-state index contributed by atoms with van der Waals surface area (Å²) in [5, 5.41) is 7.75. The number of nitrogens with zero attached hydrogens (tertiary/aromatic N) is 1. The van der Waals surface area contributed by atoms with Crippen molar-refractivity contribution in [3.05, 3.63) is 17.0 Å². The number of alkyl halides is 1. The molecule has 1 aromatic rings. The Labute approximate surface area is 95.4 Å². The van der Waals surface area contributed by atoms with Crippen molar-refractivity contribution in [1.29, 1.82) is 0 Å². The van der Waals surface area contributed by atoms with Crippen LogP contribution in [0.4, 0.5) is 0 Å². The standard InChI is InChI=1S/C12H17ClN2/c13-7-10-11(8-3-1-2-4-8)14-15-12(10)9-5-6-9/h8-9H,1-7H2,(H,14,15). The molecular formula is C12H17ClN2. The molecule has 82 valence electrons. The zero-order valence-corrected chi connectivity index (χ0v) is 9.69. The highest BCUT2D eigenvalue weighted by Crippen LogP contribution is 2.44. The third-order valence-corrected chi connectivity index (χ3v) is 4.06. The number of nitrogens with one attached hydrogen (secondary N) is 1. The van der Waals surface area contributed by atoms with Crippen LogP contribution in [0, 0.1) is 0 Å². The van der Waals surface area contributed by atoms with Crippen LogP contribution < -0.4 is 0 Å². The number of aromatic nitrogens is 2. The van der Waals surface area contributed by atoms with Crippen LogP contribution in [0.5, 0.6) is 0 Å². The monoisotopic (exact) mass is 224 g/mol. The predicted octanol–water partition coefficient (Wildman–Crippen LogP) is 3.68. The maximum atomic E-state index is 6.07. The Morgan fingerprint density at radius 1 is 1.13 bits per heavy atom. The molecule has 15 heavy (non-hydrogen) atoms. The minimum Gasteiger partial charge on any atom is -0.282 e. The fourth-order valence-electron chi connectivity index (χ4n) is 2.78. The Morgan fingerprint density at radius 2 is 1.87 bits per heavy atom. The molecule has 0 amide bonds. The average molecular weight is 225 g/mol.